The summed E-state index contributed by atoms with van der Waals surface area (Å²) in [5.74, 6) is -1.36. The van der Waals surface area contributed by atoms with Crippen molar-refractivity contribution in [2.45, 2.75) is 4.90 Å². The first-order valence-electron chi connectivity index (χ1n) is 6.70. The number of aromatic hydroxyl groups is 1. The molecule has 1 aromatic heterocycles. The fourth-order valence-electron chi connectivity index (χ4n) is 2.42. The van der Waals surface area contributed by atoms with Crippen molar-refractivity contribution in [3.63, 3.8) is 0 Å². The van der Waals surface area contributed by atoms with E-state index in [1.807, 2.05) is 0 Å². The third-order valence-electron chi connectivity index (χ3n) is 3.47. The van der Waals surface area contributed by atoms with Gasteiger partial charge in [-0.15, -0.1) is 0 Å². The van der Waals surface area contributed by atoms with Crippen molar-refractivity contribution in [2.24, 2.45) is 0 Å². The molecule has 7 heteroatoms. The number of methoxy groups -OCH3 is 1. The van der Waals surface area contributed by atoms with Gasteiger partial charge >= 0.3 is 5.97 Å². The number of ether oxygens (including phenoxy) is 1. The van der Waals surface area contributed by atoms with Crippen molar-refractivity contribution >= 4 is 26.9 Å². The molecule has 0 aliphatic rings. The molecule has 1 heterocycles. The Kier molecular flexibility index (Phi) is 3.57. The summed E-state index contributed by atoms with van der Waals surface area (Å²) >= 11 is 0. The predicted octanol–water partition coefficient (Wildman–Crippen LogP) is 2.37. The third kappa shape index (κ3) is 2.25. The molecule has 0 unspecified atom stereocenters. The number of para-hydroxylation sites is 1. The molecule has 1 N–H and O–H groups in total. The fourth-order valence-corrected chi connectivity index (χ4v) is 3.95. The summed E-state index contributed by atoms with van der Waals surface area (Å²) in [6.07, 6.45) is 0. The van der Waals surface area contributed by atoms with Crippen molar-refractivity contribution in [1.82, 2.24) is 3.97 Å². The minimum absolute atomic E-state index is 0.00547. The van der Waals surface area contributed by atoms with Crippen LogP contribution in [-0.4, -0.2) is 30.6 Å². The summed E-state index contributed by atoms with van der Waals surface area (Å²) in [4.78, 5) is 12.0. The number of carbonyl (C=O) groups excluding carboxylic acids is 1. The number of esters is 1. The highest BCUT2D eigenvalue weighted by atomic mass is 32.2. The van der Waals surface area contributed by atoms with Crippen LogP contribution in [0.25, 0.3) is 10.9 Å². The van der Waals surface area contributed by atoms with Crippen molar-refractivity contribution in [2.75, 3.05) is 7.11 Å². The predicted molar refractivity (Wildman–Crippen MR) is 84.0 cm³/mol. The quantitative estimate of drug-likeness (QED) is 0.745. The molecule has 118 valence electrons. The van der Waals surface area contributed by atoms with Crippen LogP contribution in [0.15, 0.2) is 59.5 Å². The average Bonchev–Trinajstić information content (AvgIpc) is 2.89. The third-order valence-corrected chi connectivity index (χ3v) is 5.19. The van der Waals surface area contributed by atoms with E-state index in [9.17, 15) is 18.3 Å². The minimum atomic E-state index is -4.07. The van der Waals surface area contributed by atoms with E-state index in [-0.39, 0.29) is 15.8 Å². The zero-order valence-electron chi connectivity index (χ0n) is 12.1. The SMILES string of the molecule is COC(=O)c1c(O)c2ccccc2n1S(=O)(=O)c1ccccc1. The Balaban J connectivity index is 2.43. The summed E-state index contributed by atoms with van der Waals surface area (Å²) in [7, 11) is -2.95. The average molecular weight is 331 g/mol. The first kappa shape index (κ1) is 15.1. The number of carbonyl (C=O) groups is 1. The molecule has 0 spiro atoms. The molecule has 0 amide bonds. The van der Waals surface area contributed by atoms with Gasteiger partial charge in [-0.05, 0) is 24.3 Å². The van der Waals surface area contributed by atoms with E-state index >= 15 is 0 Å². The lowest BCUT2D eigenvalue weighted by Crippen LogP contribution is -2.19. The highest BCUT2D eigenvalue weighted by molar-refractivity contribution is 7.90. The number of aromatic nitrogens is 1. The zero-order chi connectivity index (χ0) is 16.6. The molecule has 0 aliphatic carbocycles. The number of rotatable bonds is 3. The van der Waals surface area contributed by atoms with Crippen LogP contribution in [0.3, 0.4) is 0 Å². The molecule has 0 bridgehead atoms. The van der Waals surface area contributed by atoms with Crippen LogP contribution in [-0.2, 0) is 14.8 Å². The molecule has 2 aromatic carbocycles. The second kappa shape index (κ2) is 5.44. The summed E-state index contributed by atoms with van der Waals surface area (Å²) in [6, 6.07) is 14.0. The van der Waals surface area contributed by atoms with Crippen LogP contribution in [0.1, 0.15) is 10.5 Å². The van der Waals surface area contributed by atoms with E-state index in [1.54, 1.807) is 30.3 Å². The lowest BCUT2D eigenvalue weighted by Gasteiger charge is -2.10. The van der Waals surface area contributed by atoms with E-state index < -0.39 is 27.4 Å². The molecule has 6 nitrogen and oxygen atoms in total. The Morgan fingerprint density at radius 2 is 1.65 bits per heavy atom. The maximum Gasteiger partial charge on any atom is 0.359 e. The van der Waals surface area contributed by atoms with Crippen LogP contribution in [0.5, 0.6) is 5.75 Å². The van der Waals surface area contributed by atoms with Gasteiger partial charge in [-0.3, -0.25) is 0 Å². The van der Waals surface area contributed by atoms with E-state index in [4.69, 9.17) is 0 Å². The van der Waals surface area contributed by atoms with Crippen molar-refractivity contribution in [3.8, 4) is 5.75 Å². The summed E-state index contributed by atoms with van der Waals surface area (Å²) in [5, 5.41) is 10.6. The van der Waals surface area contributed by atoms with E-state index in [0.29, 0.717) is 0 Å². The monoisotopic (exact) mass is 331 g/mol. The van der Waals surface area contributed by atoms with Crippen LogP contribution in [0.4, 0.5) is 0 Å². The van der Waals surface area contributed by atoms with Crippen molar-refractivity contribution in [1.29, 1.82) is 0 Å². The second-order valence-electron chi connectivity index (χ2n) is 4.79. The van der Waals surface area contributed by atoms with Crippen LogP contribution in [0, 0.1) is 0 Å². The molecule has 0 atom stereocenters. The molecule has 23 heavy (non-hydrogen) atoms. The number of hydrogen-bond acceptors (Lipinski definition) is 5. The maximum absolute atomic E-state index is 12.9. The molecule has 0 aliphatic heterocycles. The van der Waals surface area contributed by atoms with Gasteiger partial charge < -0.3 is 9.84 Å². The lowest BCUT2D eigenvalue weighted by molar-refractivity contribution is 0.0590. The van der Waals surface area contributed by atoms with Gasteiger partial charge in [0.05, 0.1) is 17.5 Å². The lowest BCUT2D eigenvalue weighted by atomic mass is 10.2. The molecule has 3 rings (SSSR count). The van der Waals surface area contributed by atoms with Gasteiger partial charge in [0, 0.05) is 5.39 Å². The largest absolute Gasteiger partial charge is 0.505 e. The van der Waals surface area contributed by atoms with Gasteiger partial charge in [-0.2, -0.15) is 0 Å². The van der Waals surface area contributed by atoms with Crippen LogP contribution >= 0.6 is 0 Å². The Bertz CT molecular complexity index is 990. The van der Waals surface area contributed by atoms with E-state index in [1.165, 1.54) is 24.3 Å². The standard InChI is InChI=1S/C16H13NO5S/c1-22-16(19)14-15(18)12-9-5-6-10-13(12)17(14)23(20,21)11-7-3-2-4-8-11/h2-10,18H,1H3. The topological polar surface area (TPSA) is 85.6 Å². The molecule has 0 radical (unpaired) electrons. The van der Waals surface area contributed by atoms with E-state index in [0.717, 1.165) is 11.1 Å². The van der Waals surface area contributed by atoms with Crippen molar-refractivity contribution in [3.05, 3.63) is 60.3 Å². The number of hydrogen-bond donors (Lipinski definition) is 1. The Morgan fingerprint density at radius 1 is 1.04 bits per heavy atom. The van der Waals surface area contributed by atoms with Crippen molar-refractivity contribution < 1.29 is 23.1 Å². The zero-order valence-corrected chi connectivity index (χ0v) is 12.9. The first-order valence-corrected chi connectivity index (χ1v) is 8.14. The molecular formula is C16H13NO5S. The summed E-state index contributed by atoms with van der Waals surface area (Å²) < 4.78 is 31.3. The number of benzene rings is 2. The highest BCUT2D eigenvalue weighted by Gasteiger charge is 2.31. The highest BCUT2D eigenvalue weighted by Crippen LogP contribution is 2.35. The fraction of sp³-hybridized carbons (Fsp3) is 0.0625. The van der Waals surface area contributed by atoms with Gasteiger partial charge in [0.2, 0.25) is 0 Å². The van der Waals surface area contributed by atoms with Gasteiger partial charge in [0.25, 0.3) is 10.0 Å². The minimum Gasteiger partial charge on any atom is -0.505 e. The van der Waals surface area contributed by atoms with Gasteiger partial charge in [-0.25, -0.2) is 17.2 Å². The molecule has 0 saturated heterocycles. The Labute approximate surface area is 132 Å². The van der Waals surface area contributed by atoms with Crippen LogP contribution < -0.4 is 0 Å². The Hall–Kier alpha value is -2.80. The van der Waals surface area contributed by atoms with Gasteiger partial charge in [-0.1, -0.05) is 30.3 Å². The van der Waals surface area contributed by atoms with Gasteiger partial charge in [0.1, 0.15) is 0 Å². The maximum atomic E-state index is 12.9. The molecule has 3 aromatic rings. The van der Waals surface area contributed by atoms with Crippen LogP contribution in [0.2, 0.25) is 0 Å². The second-order valence-corrected chi connectivity index (χ2v) is 6.58. The normalized spacial score (nSPS) is 11.5. The number of fused-ring (bicyclic) bond motifs is 1. The Morgan fingerprint density at radius 3 is 2.30 bits per heavy atom. The molecular weight excluding hydrogens is 318 g/mol. The summed E-state index contributed by atoms with van der Waals surface area (Å²) in [5.41, 5.74) is -0.216. The van der Waals surface area contributed by atoms with Gasteiger partial charge in [0.15, 0.2) is 11.4 Å². The summed E-state index contributed by atoms with van der Waals surface area (Å²) in [6.45, 7) is 0. The number of nitrogens with zero attached hydrogens (tertiary/aromatic N) is 1. The first-order chi connectivity index (χ1) is 11.0. The molecule has 0 saturated carbocycles. The molecule has 0 fully saturated rings. The van der Waals surface area contributed by atoms with E-state index in [2.05, 4.69) is 4.74 Å². The smallest absolute Gasteiger partial charge is 0.359 e.